The first-order chi connectivity index (χ1) is 11.5. The summed E-state index contributed by atoms with van der Waals surface area (Å²) in [5.74, 6) is -2.08. The number of carbonyl (C=O) groups is 1. The van der Waals surface area contributed by atoms with Gasteiger partial charge in [-0.3, -0.25) is 4.98 Å². The van der Waals surface area contributed by atoms with Crippen molar-refractivity contribution < 1.29 is 13.9 Å². The monoisotopic (exact) mass is 345 g/mol. The smallest absolute Gasteiger partial charge is 0.346 e. The van der Waals surface area contributed by atoms with Crippen LogP contribution in [0.2, 0.25) is 5.28 Å². The molecule has 0 atom stereocenters. The van der Waals surface area contributed by atoms with E-state index in [1.807, 2.05) is 38.1 Å². The molecule has 1 aromatic carbocycles. The lowest BCUT2D eigenvalue weighted by atomic mass is 9.94. The van der Waals surface area contributed by atoms with E-state index in [0.717, 1.165) is 22.7 Å². The van der Waals surface area contributed by atoms with Crippen molar-refractivity contribution in [2.24, 2.45) is 0 Å². The van der Waals surface area contributed by atoms with E-state index >= 15 is 0 Å². The van der Waals surface area contributed by atoms with Gasteiger partial charge in [-0.1, -0.05) is 32.0 Å². The molecule has 0 fully saturated rings. The summed E-state index contributed by atoms with van der Waals surface area (Å²) in [6.45, 7) is 3.92. The molecular weight excluding hydrogens is 333 g/mol. The Morgan fingerprint density at radius 2 is 1.96 bits per heavy atom. The lowest BCUT2D eigenvalue weighted by molar-refractivity contribution is 0.0717. The number of aromatic nitrogens is 3. The molecule has 0 radical (unpaired) electrons. The van der Waals surface area contributed by atoms with Crippen LogP contribution in [0.3, 0.4) is 0 Å². The van der Waals surface area contributed by atoms with Crippen molar-refractivity contribution in [2.45, 2.75) is 19.8 Å². The Balaban J connectivity index is 2.06. The van der Waals surface area contributed by atoms with Crippen molar-refractivity contribution >= 4 is 28.5 Å². The molecule has 3 rings (SSSR count). The van der Waals surface area contributed by atoms with E-state index < -0.39 is 17.7 Å². The molecule has 122 valence electrons. The van der Waals surface area contributed by atoms with Crippen LogP contribution >= 0.6 is 11.6 Å². The molecule has 7 heteroatoms. The number of ether oxygens (including phenoxy) is 1. The van der Waals surface area contributed by atoms with Gasteiger partial charge in [0.15, 0.2) is 0 Å². The second kappa shape index (κ2) is 6.49. The second-order valence-corrected chi connectivity index (χ2v) is 5.78. The molecule has 2 heterocycles. The molecule has 0 N–H and O–H groups in total. The van der Waals surface area contributed by atoms with Crippen LogP contribution in [-0.2, 0) is 0 Å². The van der Waals surface area contributed by atoms with Crippen LogP contribution in [0.1, 0.15) is 35.7 Å². The number of esters is 1. The Labute approximate surface area is 142 Å². The molecule has 0 bridgehead atoms. The van der Waals surface area contributed by atoms with E-state index in [4.69, 9.17) is 16.3 Å². The maximum atomic E-state index is 13.7. The molecule has 0 aliphatic carbocycles. The molecule has 0 saturated carbocycles. The standard InChI is InChI=1S/C17H13ClFN3O2/c1-9(2)14-10-5-3-4-6-13(10)20-7-11(14)16(23)24-15-12(19)8-21-17(18)22-15/h3-9H,1-2H3. The zero-order chi connectivity index (χ0) is 17.3. The maximum Gasteiger partial charge on any atom is 0.346 e. The van der Waals surface area contributed by atoms with Crippen LogP contribution in [0.5, 0.6) is 5.88 Å². The zero-order valence-electron chi connectivity index (χ0n) is 13.0. The largest absolute Gasteiger partial charge is 0.400 e. The molecule has 0 aliphatic rings. The SMILES string of the molecule is CC(C)c1c(C(=O)Oc2nc(Cl)ncc2F)cnc2ccccc12. The van der Waals surface area contributed by atoms with Gasteiger partial charge in [-0.05, 0) is 29.1 Å². The summed E-state index contributed by atoms with van der Waals surface area (Å²) in [5.41, 5.74) is 1.82. The Hall–Kier alpha value is -2.60. The van der Waals surface area contributed by atoms with E-state index in [9.17, 15) is 9.18 Å². The fraction of sp³-hybridized carbons (Fsp3) is 0.176. The van der Waals surface area contributed by atoms with Crippen molar-refractivity contribution in [3.05, 3.63) is 58.9 Å². The number of carbonyl (C=O) groups excluding carboxylic acids is 1. The third-order valence-electron chi connectivity index (χ3n) is 3.49. The van der Waals surface area contributed by atoms with Crippen LogP contribution < -0.4 is 4.74 Å². The van der Waals surface area contributed by atoms with Crippen LogP contribution in [0, 0.1) is 5.82 Å². The molecule has 0 unspecified atom stereocenters. The number of benzene rings is 1. The molecule has 0 spiro atoms. The van der Waals surface area contributed by atoms with Crippen LogP contribution in [0.4, 0.5) is 4.39 Å². The molecular formula is C17H13ClFN3O2. The number of halogens is 2. The predicted molar refractivity (Wildman–Crippen MR) is 87.8 cm³/mol. The average molecular weight is 346 g/mol. The number of rotatable bonds is 3. The summed E-state index contributed by atoms with van der Waals surface area (Å²) in [4.78, 5) is 23.9. The van der Waals surface area contributed by atoms with Gasteiger partial charge in [0, 0.05) is 11.6 Å². The third kappa shape index (κ3) is 3.05. The fourth-order valence-electron chi connectivity index (χ4n) is 2.49. The Morgan fingerprint density at radius 1 is 1.21 bits per heavy atom. The highest BCUT2D eigenvalue weighted by atomic mass is 35.5. The highest BCUT2D eigenvalue weighted by Gasteiger charge is 2.21. The number of fused-ring (bicyclic) bond motifs is 1. The molecule has 5 nitrogen and oxygen atoms in total. The van der Waals surface area contributed by atoms with E-state index in [0.29, 0.717) is 0 Å². The summed E-state index contributed by atoms with van der Waals surface area (Å²) in [6, 6.07) is 7.49. The Bertz CT molecular complexity index is 931. The van der Waals surface area contributed by atoms with Gasteiger partial charge in [-0.15, -0.1) is 0 Å². The van der Waals surface area contributed by atoms with Gasteiger partial charge in [0.1, 0.15) is 0 Å². The van der Waals surface area contributed by atoms with Gasteiger partial charge in [0.05, 0.1) is 17.3 Å². The van der Waals surface area contributed by atoms with Crippen LogP contribution in [0.25, 0.3) is 10.9 Å². The number of pyridine rings is 1. The average Bonchev–Trinajstić information content (AvgIpc) is 2.56. The molecule has 0 aliphatic heterocycles. The maximum absolute atomic E-state index is 13.7. The van der Waals surface area contributed by atoms with E-state index in [-0.39, 0.29) is 16.8 Å². The van der Waals surface area contributed by atoms with E-state index in [1.54, 1.807) is 0 Å². The quantitative estimate of drug-likeness (QED) is 0.526. The minimum Gasteiger partial charge on any atom is -0.400 e. The number of hydrogen-bond donors (Lipinski definition) is 0. The summed E-state index contributed by atoms with van der Waals surface area (Å²) in [7, 11) is 0. The Morgan fingerprint density at radius 3 is 2.71 bits per heavy atom. The highest BCUT2D eigenvalue weighted by molar-refractivity contribution is 6.28. The van der Waals surface area contributed by atoms with Crippen LogP contribution in [-0.4, -0.2) is 20.9 Å². The second-order valence-electron chi connectivity index (χ2n) is 5.44. The van der Waals surface area contributed by atoms with E-state index in [1.165, 1.54) is 6.20 Å². The first-order valence-electron chi connectivity index (χ1n) is 7.25. The first-order valence-corrected chi connectivity index (χ1v) is 7.63. The van der Waals surface area contributed by atoms with Gasteiger partial charge in [-0.2, -0.15) is 9.37 Å². The molecule has 3 aromatic rings. The lowest BCUT2D eigenvalue weighted by Gasteiger charge is -2.14. The molecule has 24 heavy (non-hydrogen) atoms. The number of nitrogens with zero attached hydrogens (tertiary/aromatic N) is 3. The molecule has 0 saturated heterocycles. The van der Waals surface area contributed by atoms with Crippen molar-refractivity contribution in [3.63, 3.8) is 0 Å². The molecule has 0 amide bonds. The lowest BCUT2D eigenvalue weighted by Crippen LogP contribution is -2.15. The van der Waals surface area contributed by atoms with E-state index in [2.05, 4.69) is 15.0 Å². The predicted octanol–water partition coefficient (Wildman–Crippen LogP) is 4.16. The van der Waals surface area contributed by atoms with Crippen molar-refractivity contribution in [1.82, 2.24) is 15.0 Å². The normalized spacial score (nSPS) is 11.0. The van der Waals surface area contributed by atoms with Crippen molar-refractivity contribution in [1.29, 1.82) is 0 Å². The molecule has 2 aromatic heterocycles. The van der Waals surface area contributed by atoms with Crippen molar-refractivity contribution in [3.8, 4) is 5.88 Å². The first kappa shape index (κ1) is 16.3. The van der Waals surface area contributed by atoms with Gasteiger partial charge in [0.2, 0.25) is 11.1 Å². The summed E-state index contributed by atoms with van der Waals surface area (Å²) in [5, 5.41) is 0.642. The third-order valence-corrected chi connectivity index (χ3v) is 3.67. The van der Waals surface area contributed by atoms with Gasteiger partial charge >= 0.3 is 5.97 Å². The minimum absolute atomic E-state index is 0.0410. The topological polar surface area (TPSA) is 65.0 Å². The van der Waals surface area contributed by atoms with Crippen molar-refractivity contribution in [2.75, 3.05) is 0 Å². The fourth-order valence-corrected chi connectivity index (χ4v) is 2.62. The van der Waals surface area contributed by atoms with Gasteiger partial charge < -0.3 is 4.74 Å². The minimum atomic E-state index is -0.868. The van der Waals surface area contributed by atoms with Gasteiger partial charge in [0.25, 0.3) is 5.88 Å². The zero-order valence-corrected chi connectivity index (χ0v) is 13.7. The Kier molecular flexibility index (Phi) is 4.40. The van der Waals surface area contributed by atoms with Crippen LogP contribution in [0.15, 0.2) is 36.7 Å². The number of para-hydroxylation sites is 1. The highest BCUT2D eigenvalue weighted by Crippen LogP contribution is 2.28. The summed E-state index contributed by atoms with van der Waals surface area (Å²) >= 11 is 5.61. The number of hydrogen-bond acceptors (Lipinski definition) is 5. The summed E-state index contributed by atoms with van der Waals surface area (Å²) in [6.07, 6.45) is 2.28. The summed E-state index contributed by atoms with van der Waals surface area (Å²) < 4.78 is 18.7. The van der Waals surface area contributed by atoms with Gasteiger partial charge in [-0.25, -0.2) is 9.78 Å².